The summed E-state index contributed by atoms with van der Waals surface area (Å²) < 4.78 is 11.7. The summed E-state index contributed by atoms with van der Waals surface area (Å²) >= 11 is 0. The molecule has 1 aliphatic heterocycles. The van der Waals surface area contributed by atoms with Crippen LogP contribution in [0.5, 0.6) is 5.75 Å². The third-order valence-electron chi connectivity index (χ3n) is 7.39. The van der Waals surface area contributed by atoms with Crippen molar-refractivity contribution in [3.63, 3.8) is 0 Å². The molecule has 1 amide bonds. The van der Waals surface area contributed by atoms with Crippen LogP contribution in [-0.4, -0.2) is 57.2 Å². The first-order valence-electron chi connectivity index (χ1n) is 13.7. The molecule has 1 fully saturated rings. The van der Waals surface area contributed by atoms with Crippen molar-refractivity contribution in [1.29, 1.82) is 0 Å². The maximum absolute atomic E-state index is 13.1. The van der Waals surface area contributed by atoms with E-state index >= 15 is 0 Å². The lowest BCUT2D eigenvalue weighted by atomic mass is 10.1. The summed E-state index contributed by atoms with van der Waals surface area (Å²) in [5.41, 5.74) is 3.20. The van der Waals surface area contributed by atoms with Crippen LogP contribution < -0.4 is 20.4 Å². The summed E-state index contributed by atoms with van der Waals surface area (Å²) in [6.45, 7) is 6.97. The molecule has 0 unspecified atom stereocenters. The van der Waals surface area contributed by atoms with Crippen LogP contribution in [0.3, 0.4) is 0 Å². The van der Waals surface area contributed by atoms with Gasteiger partial charge in [0.05, 0.1) is 23.7 Å². The van der Waals surface area contributed by atoms with E-state index in [2.05, 4.69) is 21.2 Å². The summed E-state index contributed by atoms with van der Waals surface area (Å²) in [6.07, 6.45) is 4.52. The Balaban J connectivity index is 1.19. The number of hydrogen-bond donors (Lipinski definition) is 1. The van der Waals surface area contributed by atoms with E-state index in [1.54, 1.807) is 38.3 Å². The summed E-state index contributed by atoms with van der Waals surface area (Å²) in [5.74, 6) is 1.11. The van der Waals surface area contributed by atoms with Gasteiger partial charge in [0, 0.05) is 38.3 Å². The quantitative estimate of drug-likeness (QED) is 0.295. The first-order chi connectivity index (χ1) is 19.5. The van der Waals surface area contributed by atoms with Crippen molar-refractivity contribution in [3.05, 3.63) is 105 Å². The molecule has 40 heavy (non-hydrogen) atoms. The number of nitrogens with one attached hydrogen (secondary N) is 1. The Hall–Kier alpha value is -4.36. The van der Waals surface area contributed by atoms with E-state index in [1.807, 2.05) is 54.6 Å². The van der Waals surface area contributed by atoms with Gasteiger partial charge in [-0.2, -0.15) is 0 Å². The highest BCUT2D eigenvalue weighted by molar-refractivity contribution is 6.04. The maximum Gasteiger partial charge on any atom is 0.255 e. The van der Waals surface area contributed by atoms with Crippen molar-refractivity contribution >= 4 is 34.7 Å². The molecule has 1 aliphatic rings. The molecule has 5 rings (SSSR count). The van der Waals surface area contributed by atoms with Crippen molar-refractivity contribution in [3.8, 4) is 5.75 Å². The van der Waals surface area contributed by atoms with Gasteiger partial charge in [0.15, 0.2) is 11.0 Å². The van der Waals surface area contributed by atoms with Gasteiger partial charge in [-0.05, 0) is 55.8 Å². The predicted molar refractivity (Wildman–Crippen MR) is 161 cm³/mol. The molecule has 0 bridgehead atoms. The van der Waals surface area contributed by atoms with Crippen molar-refractivity contribution in [1.82, 2.24) is 10.2 Å². The smallest absolute Gasteiger partial charge is 0.255 e. The average molecular weight is 538 g/mol. The molecule has 7 heteroatoms. The van der Waals surface area contributed by atoms with Crippen LogP contribution in [0.25, 0.3) is 23.1 Å². The maximum atomic E-state index is 13.1. The Morgan fingerprint density at radius 3 is 2.48 bits per heavy atom. The third-order valence-corrected chi connectivity index (χ3v) is 7.39. The SMILES string of the molecule is COc1ccccc1N1CCN(CCCNC(=O)c2cccc3c(=O)c(C)c(C=Cc4ccccc4)oc23)CC1. The second kappa shape index (κ2) is 12.7. The molecule has 0 saturated carbocycles. The second-order valence-electron chi connectivity index (χ2n) is 9.96. The van der Waals surface area contributed by atoms with E-state index in [-0.39, 0.29) is 11.3 Å². The zero-order valence-corrected chi connectivity index (χ0v) is 23.1. The van der Waals surface area contributed by atoms with E-state index in [1.165, 1.54) is 0 Å². The van der Waals surface area contributed by atoms with Gasteiger partial charge in [-0.15, -0.1) is 0 Å². The zero-order chi connectivity index (χ0) is 27.9. The number of fused-ring (bicyclic) bond motifs is 1. The number of nitrogens with zero attached hydrogens (tertiary/aromatic N) is 2. The second-order valence-corrected chi connectivity index (χ2v) is 9.96. The van der Waals surface area contributed by atoms with E-state index in [4.69, 9.17) is 9.15 Å². The number of ether oxygens (including phenoxy) is 1. The number of methoxy groups -OCH3 is 1. The number of rotatable bonds is 9. The Labute approximate surface area is 234 Å². The molecule has 1 saturated heterocycles. The molecule has 2 heterocycles. The molecule has 1 aromatic heterocycles. The van der Waals surface area contributed by atoms with Crippen LogP contribution >= 0.6 is 0 Å². The number of amides is 1. The number of carbonyl (C=O) groups is 1. The van der Waals surface area contributed by atoms with Crippen LogP contribution in [0, 0.1) is 6.92 Å². The molecule has 0 atom stereocenters. The number of para-hydroxylation sites is 3. The van der Waals surface area contributed by atoms with E-state index < -0.39 is 0 Å². The van der Waals surface area contributed by atoms with Gasteiger partial charge in [-0.1, -0.05) is 54.6 Å². The van der Waals surface area contributed by atoms with Gasteiger partial charge in [0.2, 0.25) is 0 Å². The normalized spacial score (nSPS) is 14.1. The Morgan fingerprint density at radius 2 is 1.70 bits per heavy atom. The minimum atomic E-state index is -0.239. The fraction of sp³-hybridized carbons (Fsp3) is 0.273. The number of carbonyl (C=O) groups excluding carboxylic acids is 1. The predicted octanol–water partition coefficient (Wildman–Crippen LogP) is 5.22. The van der Waals surface area contributed by atoms with Crippen LogP contribution in [0.2, 0.25) is 0 Å². The van der Waals surface area contributed by atoms with Crippen LogP contribution in [0.15, 0.2) is 82.0 Å². The highest BCUT2D eigenvalue weighted by Crippen LogP contribution is 2.28. The first-order valence-corrected chi connectivity index (χ1v) is 13.7. The minimum Gasteiger partial charge on any atom is -0.495 e. The van der Waals surface area contributed by atoms with Crippen molar-refractivity contribution < 1.29 is 13.9 Å². The van der Waals surface area contributed by atoms with Crippen LogP contribution in [0.4, 0.5) is 5.69 Å². The topological polar surface area (TPSA) is 75.0 Å². The van der Waals surface area contributed by atoms with Gasteiger partial charge in [-0.3, -0.25) is 14.5 Å². The van der Waals surface area contributed by atoms with Crippen molar-refractivity contribution in [2.24, 2.45) is 0 Å². The highest BCUT2D eigenvalue weighted by Gasteiger charge is 2.20. The highest BCUT2D eigenvalue weighted by atomic mass is 16.5. The monoisotopic (exact) mass is 537 g/mol. The molecule has 1 N–H and O–H groups in total. The van der Waals surface area contributed by atoms with Crippen LogP contribution in [0.1, 0.15) is 33.7 Å². The van der Waals surface area contributed by atoms with Crippen LogP contribution in [-0.2, 0) is 0 Å². The van der Waals surface area contributed by atoms with Gasteiger partial charge in [0.25, 0.3) is 5.91 Å². The van der Waals surface area contributed by atoms with E-state index in [9.17, 15) is 9.59 Å². The van der Waals surface area contributed by atoms with Gasteiger partial charge in [0.1, 0.15) is 11.5 Å². The zero-order valence-electron chi connectivity index (χ0n) is 23.1. The first kappa shape index (κ1) is 27.2. The molecular formula is C33H35N3O4. The molecule has 0 radical (unpaired) electrons. The van der Waals surface area contributed by atoms with Gasteiger partial charge >= 0.3 is 0 Å². The number of benzene rings is 3. The number of piperazine rings is 1. The van der Waals surface area contributed by atoms with E-state index in [0.717, 1.165) is 56.1 Å². The van der Waals surface area contributed by atoms with Gasteiger partial charge < -0.3 is 19.4 Å². The molecule has 0 aliphatic carbocycles. The van der Waals surface area contributed by atoms with Gasteiger partial charge in [-0.25, -0.2) is 0 Å². The molecule has 4 aromatic rings. The Morgan fingerprint density at radius 1 is 0.950 bits per heavy atom. The molecular weight excluding hydrogens is 502 g/mol. The largest absolute Gasteiger partial charge is 0.495 e. The molecule has 3 aromatic carbocycles. The summed E-state index contributed by atoms with van der Waals surface area (Å²) in [4.78, 5) is 31.0. The summed E-state index contributed by atoms with van der Waals surface area (Å²) in [7, 11) is 1.71. The fourth-order valence-corrected chi connectivity index (χ4v) is 5.10. The average Bonchev–Trinajstić information content (AvgIpc) is 3.00. The minimum absolute atomic E-state index is 0.129. The summed E-state index contributed by atoms with van der Waals surface area (Å²) in [5, 5.41) is 3.43. The number of anilines is 1. The molecule has 206 valence electrons. The standard InChI is InChI=1S/C33H35N3O4/c1-24-29(17-16-25-10-4-3-5-11-25)40-32-26(31(24)37)12-8-13-27(32)33(38)34-18-9-19-35-20-22-36(23-21-35)28-14-6-7-15-30(28)39-2/h3-8,10-17H,9,18-23H2,1-2H3,(H,34,38). The van der Waals surface area contributed by atoms with Crippen molar-refractivity contribution in [2.75, 3.05) is 51.3 Å². The lowest BCUT2D eigenvalue weighted by Crippen LogP contribution is -2.47. The van der Waals surface area contributed by atoms with Crippen molar-refractivity contribution in [2.45, 2.75) is 13.3 Å². The lowest BCUT2D eigenvalue weighted by molar-refractivity contribution is 0.0952. The van der Waals surface area contributed by atoms with E-state index in [0.29, 0.717) is 34.4 Å². The molecule has 7 nitrogen and oxygen atoms in total. The Kier molecular flexibility index (Phi) is 8.62. The molecule has 0 spiro atoms. The third kappa shape index (κ3) is 6.10. The summed E-state index contributed by atoms with van der Waals surface area (Å²) in [6, 6.07) is 23.1. The number of hydrogen-bond acceptors (Lipinski definition) is 6. The fourth-order valence-electron chi connectivity index (χ4n) is 5.10. The lowest BCUT2D eigenvalue weighted by Gasteiger charge is -2.36. The Bertz CT molecular complexity index is 1550.